The van der Waals surface area contributed by atoms with Crippen LogP contribution in [0.4, 0.5) is 0 Å². The normalized spacial score (nSPS) is 11.8. The molecule has 0 spiro atoms. The molecule has 0 amide bonds. The molecule has 0 bridgehead atoms. The molecule has 1 aromatic carbocycles. The molecule has 0 atom stereocenters. The second kappa shape index (κ2) is 11.6. The summed E-state index contributed by atoms with van der Waals surface area (Å²) >= 11 is 1.70. The molecule has 0 aliphatic heterocycles. The van der Waals surface area contributed by atoms with E-state index in [4.69, 9.17) is 4.74 Å². The van der Waals surface area contributed by atoms with Crippen molar-refractivity contribution < 1.29 is 4.74 Å². The number of rotatable bonds is 7. The van der Waals surface area contributed by atoms with E-state index in [1.807, 2.05) is 0 Å². The molecular formula is C20H30IN3OS. The van der Waals surface area contributed by atoms with Crippen molar-refractivity contribution in [3.8, 4) is 0 Å². The predicted octanol–water partition coefficient (Wildman–Crippen LogP) is 4.94. The monoisotopic (exact) mass is 487 g/mol. The van der Waals surface area contributed by atoms with E-state index in [-0.39, 0.29) is 29.6 Å². The van der Waals surface area contributed by atoms with E-state index in [9.17, 15) is 0 Å². The number of thiophene rings is 1. The Bertz CT molecular complexity index is 666. The third kappa shape index (κ3) is 9.00. The minimum atomic E-state index is -0.124. The van der Waals surface area contributed by atoms with Crippen molar-refractivity contribution >= 4 is 41.3 Å². The number of benzene rings is 1. The molecule has 1 heterocycles. The van der Waals surface area contributed by atoms with Gasteiger partial charge < -0.3 is 15.4 Å². The molecule has 0 unspecified atom stereocenters. The van der Waals surface area contributed by atoms with Gasteiger partial charge in [0, 0.05) is 13.1 Å². The lowest BCUT2D eigenvalue weighted by molar-refractivity contribution is -0.0149. The summed E-state index contributed by atoms with van der Waals surface area (Å²) in [6.45, 7) is 11.2. The molecule has 4 nitrogen and oxygen atoms in total. The molecule has 0 radical (unpaired) electrons. The molecular weight excluding hydrogens is 457 g/mol. The Morgan fingerprint density at radius 3 is 2.54 bits per heavy atom. The third-order valence-electron chi connectivity index (χ3n) is 3.47. The van der Waals surface area contributed by atoms with Gasteiger partial charge in [-0.25, -0.2) is 4.99 Å². The summed E-state index contributed by atoms with van der Waals surface area (Å²) < 4.78 is 5.86. The minimum absolute atomic E-state index is 0. The second-order valence-electron chi connectivity index (χ2n) is 6.90. The van der Waals surface area contributed by atoms with Crippen LogP contribution in [-0.2, 0) is 24.4 Å². The van der Waals surface area contributed by atoms with Crippen LogP contribution in [0.5, 0.6) is 0 Å². The number of ether oxygens (including phenoxy) is 1. The Hall–Kier alpha value is -1.12. The van der Waals surface area contributed by atoms with Crippen molar-refractivity contribution in [3.05, 3.63) is 57.8 Å². The van der Waals surface area contributed by atoms with Crippen molar-refractivity contribution in [3.63, 3.8) is 0 Å². The van der Waals surface area contributed by atoms with Crippen LogP contribution in [0.25, 0.3) is 0 Å². The highest BCUT2D eigenvalue weighted by atomic mass is 127. The molecule has 26 heavy (non-hydrogen) atoms. The van der Waals surface area contributed by atoms with Crippen LogP contribution in [-0.4, -0.2) is 18.1 Å². The van der Waals surface area contributed by atoms with E-state index in [1.54, 1.807) is 11.3 Å². The van der Waals surface area contributed by atoms with Crippen LogP contribution in [0.15, 0.2) is 46.1 Å². The molecule has 0 saturated heterocycles. The molecule has 144 valence electrons. The highest BCUT2D eigenvalue weighted by molar-refractivity contribution is 14.0. The number of hydrogen-bond donors (Lipinski definition) is 2. The molecule has 1 aromatic heterocycles. The Labute approximate surface area is 178 Å². The number of nitrogens with one attached hydrogen (secondary N) is 2. The van der Waals surface area contributed by atoms with Gasteiger partial charge in [-0.15, -0.1) is 24.0 Å². The predicted molar refractivity (Wildman–Crippen MR) is 122 cm³/mol. The Morgan fingerprint density at radius 2 is 1.88 bits per heavy atom. The average Bonchev–Trinajstić information content (AvgIpc) is 3.09. The zero-order valence-electron chi connectivity index (χ0n) is 16.0. The second-order valence-corrected chi connectivity index (χ2v) is 7.68. The van der Waals surface area contributed by atoms with Crippen LogP contribution >= 0.6 is 35.3 Å². The molecule has 0 saturated carbocycles. The fourth-order valence-corrected chi connectivity index (χ4v) is 2.87. The van der Waals surface area contributed by atoms with Gasteiger partial charge in [0.05, 0.1) is 18.8 Å². The van der Waals surface area contributed by atoms with E-state index in [0.29, 0.717) is 13.2 Å². The van der Waals surface area contributed by atoms with E-state index in [0.717, 1.165) is 19.0 Å². The van der Waals surface area contributed by atoms with Gasteiger partial charge in [0.1, 0.15) is 0 Å². The lowest BCUT2D eigenvalue weighted by Crippen LogP contribution is -2.36. The Morgan fingerprint density at radius 1 is 1.12 bits per heavy atom. The maximum Gasteiger partial charge on any atom is 0.191 e. The van der Waals surface area contributed by atoms with E-state index in [1.165, 1.54) is 16.7 Å². The quantitative estimate of drug-likeness (QED) is 0.331. The largest absolute Gasteiger partial charge is 0.371 e. The van der Waals surface area contributed by atoms with E-state index in [2.05, 4.69) is 84.4 Å². The molecule has 2 rings (SSSR count). The first kappa shape index (κ1) is 22.9. The van der Waals surface area contributed by atoms with Gasteiger partial charge in [0.15, 0.2) is 5.96 Å². The Balaban J connectivity index is 0.00000338. The summed E-state index contributed by atoms with van der Waals surface area (Å²) in [6.07, 6.45) is 0. The van der Waals surface area contributed by atoms with E-state index < -0.39 is 0 Å². The van der Waals surface area contributed by atoms with E-state index >= 15 is 0 Å². The zero-order chi connectivity index (χ0) is 18.1. The first-order chi connectivity index (χ1) is 12.0. The smallest absolute Gasteiger partial charge is 0.191 e. The first-order valence-corrected chi connectivity index (χ1v) is 9.65. The lowest BCUT2D eigenvalue weighted by atomic mass is 10.1. The van der Waals surface area contributed by atoms with Crippen LogP contribution in [0, 0.1) is 0 Å². The third-order valence-corrected chi connectivity index (χ3v) is 4.20. The fourth-order valence-electron chi connectivity index (χ4n) is 2.21. The summed E-state index contributed by atoms with van der Waals surface area (Å²) in [5, 5.41) is 10.9. The van der Waals surface area contributed by atoms with Gasteiger partial charge in [-0.05, 0) is 61.2 Å². The summed E-state index contributed by atoms with van der Waals surface area (Å²) in [5.41, 5.74) is 3.52. The summed E-state index contributed by atoms with van der Waals surface area (Å²) in [6, 6.07) is 10.6. The van der Waals surface area contributed by atoms with Gasteiger partial charge in [0.2, 0.25) is 0 Å². The standard InChI is InChI=1S/C20H29N3OS.HI/c1-5-21-19(23-13-18-9-10-25-15-18)22-12-16-7-6-8-17(11-16)14-24-20(2,3)4;/h6-11,15H,5,12-14H2,1-4H3,(H2,21,22,23);1H. The molecule has 2 aromatic rings. The van der Waals surface area contributed by atoms with Gasteiger partial charge in [-0.3, -0.25) is 0 Å². The topological polar surface area (TPSA) is 45.7 Å². The van der Waals surface area contributed by atoms with Gasteiger partial charge in [-0.1, -0.05) is 24.3 Å². The maximum absolute atomic E-state index is 5.86. The number of hydrogen-bond acceptors (Lipinski definition) is 3. The van der Waals surface area contributed by atoms with Crippen molar-refractivity contribution in [2.45, 2.75) is 53.0 Å². The summed E-state index contributed by atoms with van der Waals surface area (Å²) in [4.78, 5) is 4.64. The van der Waals surface area contributed by atoms with Crippen LogP contribution in [0.1, 0.15) is 44.4 Å². The summed E-state index contributed by atoms with van der Waals surface area (Å²) in [7, 11) is 0. The van der Waals surface area contributed by atoms with Crippen LogP contribution in [0.3, 0.4) is 0 Å². The molecule has 6 heteroatoms. The van der Waals surface area contributed by atoms with Gasteiger partial charge >= 0.3 is 0 Å². The SMILES string of the molecule is CCNC(=NCc1ccsc1)NCc1cccc(COC(C)(C)C)c1.I. The molecule has 0 aliphatic rings. The zero-order valence-corrected chi connectivity index (χ0v) is 19.2. The maximum atomic E-state index is 5.86. The lowest BCUT2D eigenvalue weighted by Gasteiger charge is -2.19. The van der Waals surface area contributed by atoms with Gasteiger partial charge in [0.25, 0.3) is 0 Å². The average molecular weight is 487 g/mol. The van der Waals surface area contributed by atoms with Crippen molar-refractivity contribution in [2.24, 2.45) is 4.99 Å². The first-order valence-electron chi connectivity index (χ1n) is 8.71. The van der Waals surface area contributed by atoms with Gasteiger partial charge in [-0.2, -0.15) is 11.3 Å². The number of guanidine groups is 1. The molecule has 2 N–H and O–H groups in total. The van der Waals surface area contributed by atoms with Crippen LogP contribution in [0.2, 0.25) is 0 Å². The number of nitrogens with zero attached hydrogens (tertiary/aromatic N) is 1. The van der Waals surface area contributed by atoms with Crippen molar-refractivity contribution in [1.82, 2.24) is 10.6 Å². The minimum Gasteiger partial charge on any atom is -0.371 e. The fraction of sp³-hybridized carbons (Fsp3) is 0.450. The molecule has 0 fully saturated rings. The van der Waals surface area contributed by atoms with Crippen molar-refractivity contribution in [2.75, 3.05) is 6.54 Å². The number of aliphatic imine (C=N–C) groups is 1. The Kier molecular flexibility index (Phi) is 10.2. The summed E-state index contributed by atoms with van der Waals surface area (Å²) in [5.74, 6) is 0.838. The van der Waals surface area contributed by atoms with Crippen LogP contribution < -0.4 is 10.6 Å². The highest BCUT2D eigenvalue weighted by Gasteiger charge is 2.10. The molecule has 0 aliphatic carbocycles. The highest BCUT2D eigenvalue weighted by Crippen LogP contribution is 2.13. The number of halogens is 1. The van der Waals surface area contributed by atoms with Crippen molar-refractivity contribution in [1.29, 1.82) is 0 Å².